The van der Waals surface area contributed by atoms with Crippen molar-refractivity contribution in [3.8, 4) is 11.1 Å². The molecule has 0 aliphatic carbocycles. The second kappa shape index (κ2) is 4.94. The van der Waals surface area contributed by atoms with Gasteiger partial charge in [-0.2, -0.15) is 0 Å². The minimum Gasteiger partial charge on any atom is -0.379 e. The lowest BCUT2D eigenvalue weighted by atomic mass is 9.70. The maximum absolute atomic E-state index is 11.3. The molecule has 114 valence electrons. The van der Waals surface area contributed by atoms with Crippen molar-refractivity contribution in [1.82, 2.24) is 0 Å². The Morgan fingerprint density at radius 1 is 0.909 bits per heavy atom. The smallest absolute Gasteiger partial charge is 0.141 e. The van der Waals surface area contributed by atoms with E-state index in [1.807, 2.05) is 6.07 Å². The van der Waals surface area contributed by atoms with Gasteiger partial charge in [0.25, 0.3) is 0 Å². The number of likely N-dealkylation sites (N-methyl/N-ethyl adjacent to an activating group) is 1. The highest BCUT2D eigenvalue weighted by molar-refractivity contribution is 5.63. The Bertz CT molecular complexity index is 656. The van der Waals surface area contributed by atoms with Gasteiger partial charge in [-0.05, 0) is 16.7 Å². The van der Waals surface area contributed by atoms with Gasteiger partial charge in [-0.3, -0.25) is 0 Å². The number of rotatable bonds is 2. The molecule has 2 bridgehead atoms. The number of piperidine rings is 3. The molecule has 2 nitrogen and oxygen atoms in total. The van der Waals surface area contributed by atoms with E-state index in [0.29, 0.717) is 5.92 Å². The normalized spacial score (nSPS) is 33.8. The van der Waals surface area contributed by atoms with Gasteiger partial charge in [-0.1, -0.05) is 54.6 Å². The van der Waals surface area contributed by atoms with Crippen molar-refractivity contribution in [2.75, 3.05) is 26.7 Å². The van der Waals surface area contributed by atoms with E-state index in [9.17, 15) is 5.11 Å². The summed E-state index contributed by atoms with van der Waals surface area (Å²) in [5.74, 6) is 0.426. The molecule has 0 amide bonds. The fourth-order valence-electron chi connectivity index (χ4n) is 4.45. The van der Waals surface area contributed by atoms with Crippen LogP contribution >= 0.6 is 0 Å². The molecular weight excluding hydrogens is 270 g/mol. The number of hydrogen-bond donors (Lipinski definition) is 1. The van der Waals surface area contributed by atoms with E-state index < -0.39 is 5.60 Å². The van der Waals surface area contributed by atoms with Gasteiger partial charge < -0.3 is 9.59 Å². The lowest BCUT2D eigenvalue weighted by Gasteiger charge is -2.54. The maximum atomic E-state index is 11.3. The minimum absolute atomic E-state index is 0.426. The highest BCUT2D eigenvalue weighted by Crippen LogP contribution is 2.45. The Balaban J connectivity index is 1.66. The number of quaternary nitrogens is 1. The molecule has 2 aromatic rings. The molecule has 2 heteroatoms. The average Bonchev–Trinajstić information content (AvgIpc) is 2.56. The third-order valence-electron chi connectivity index (χ3n) is 5.82. The summed E-state index contributed by atoms with van der Waals surface area (Å²) >= 11 is 0. The van der Waals surface area contributed by atoms with Gasteiger partial charge in [-0.15, -0.1) is 0 Å². The molecule has 1 atom stereocenters. The lowest BCUT2D eigenvalue weighted by molar-refractivity contribution is -0.934. The second-order valence-corrected chi connectivity index (χ2v) is 7.37. The van der Waals surface area contributed by atoms with Gasteiger partial charge in [0, 0.05) is 18.8 Å². The van der Waals surface area contributed by atoms with Gasteiger partial charge >= 0.3 is 0 Å². The van der Waals surface area contributed by atoms with E-state index in [-0.39, 0.29) is 0 Å². The average molecular weight is 294 g/mol. The lowest BCUT2D eigenvalue weighted by Crippen LogP contribution is -2.65. The molecule has 0 spiro atoms. The van der Waals surface area contributed by atoms with Gasteiger partial charge in [-0.25, -0.2) is 0 Å². The zero-order chi connectivity index (χ0) is 15.2. The Morgan fingerprint density at radius 3 is 2.09 bits per heavy atom. The van der Waals surface area contributed by atoms with E-state index in [0.717, 1.165) is 29.4 Å². The van der Waals surface area contributed by atoms with E-state index in [1.165, 1.54) is 24.2 Å². The summed E-state index contributed by atoms with van der Waals surface area (Å²) in [4.78, 5) is 0. The van der Waals surface area contributed by atoms with Crippen LogP contribution in [0, 0.1) is 5.92 Å². The number of hydrogen-bond acceptors (Lipinski definition) is 1. The SMILES string of the molecule is C[N+]12CCC(CC1)C(O)(c1ccc(-c3ccccc3)cc1)C2. The van der Waals surface area contributed by atoms with Crippen LogP contribution in [0.25, 0.3) is 11.1 Å². The third kappa shape index (κ3) is 2.18. The topological polar surface area (TPSA) is 20.2 Å². The molecule has 22 heavy (non-hydrogen) atoms. The van der Waals surface area contributed by atoms with Crippen LogP contribution in [0.4, 0.5) is 0 Å². The fraction of sp³-hybridized carbons (Fsp3) is 0.400. The summed E-state index contributed by atoms with van der Waals surface area (Å²) in [5, 5.41) is 11.3. The Kier molecular flexibility index (Phi) is 3.14. The number of nitrogens with zero attached hydrogens (tertiary/aromatic N) is 1. The molecule has 5 rings (SSSR count). The molecule has 3 fully saturated rings. The van der Waals surface area contributed by atoms with Crippen LogP contribution in [-0.4, -0.2) is 36.3 Å². The van der Waals surface area contributed by atoms with Crippen molar-refractivity contribution in [1.29, 1.82) is 0 Å². The van der Waals surface area contributed by atoms with Crippen LogP contribution in [0.3, 0.4) is 0 Å². The first-order valence-electron chi connectivity index (χ1n) is 8.31. The number of benzene rings is 2. The summed E-state index contributed by atoms with van der Waals surface area (Å²) < 4.78 is 1.02. The first kappa shape index (κ1) is 14.0. The molecule has 0 saturated carbocycles. The molecular formula is C20H24NO+. The summed E-state index contributed by atoms with van der Waals surface area (Å²) in [6, 6.07) is 19.0. The van der Waals surface area contributed by atoms with Crippen molar-refractivity contribution in [3.05, 3.63) is 60.2 Å². The predicted molar refractivity (Wildman–Crippen MR) is 89.3 cm³/mol. The Morgan fingerprint density at radius 2 is 1.50 bits per heavy atom. The number of fused-ring (bicyclic) bond motifs is 3. The van der Waals surface area contributed by atoms with Crippen LogP contribution in [0.1, 0.15) is 18.4 Å². The molecule has 3 aliphatic heterocycles. The first-order chi connectivity index (χ1) is 10.6. The molecule has 0 radical (unpaired) electrons. The summed E-state index contributed by atoms with van der Waals surface area (Å²) in [7, 11) is 2.29. The van der Waals surface area contributed by atoms with Gasteiger partial charge in [0.05, 0.1) is 20.1 Å². The molecule has 1 unspecified atom stereocenters. The summed E-state index contributed by atoms with van der Waals surface area (Å²) in [6.45, 7) is 3.30. The summed E-state index contributed by atoms with van der Waals surface area (Å²) in [5.41, 5.74) is 2.91. The quantitative estimate of drug-likeness (QED) is 0.842. The Labute approximate surface area is 132 Å². The van der Waals surface area contributed by atoms with Crippen LogP contribution in [0.5, 0.6) is 0 Å². The standard InChI is InChI=1S/C20H24NO/c1-21-13-11-19(12-14-21)20(22,15-21)18-9-7-17(8-10-18)16-5-3-2-4-6-16/h2-10,19,22H,11-15H2,1H3/q+1. The minimum atomic E-state index is -0.638. The van der Waals surface area contributed by atoms with Crippen molar-refractivity contribution in [3.63, 3.8) is 0 Å². The van der Waals surface area contributed by atoms with Gasteiger partial charge in [0.1, 0.15) is 12.1 Å². The zero-order valence-electron chi connectivity index (χ0n) is 13.2. The van der Waals surface area contributed by atoms with E-state index >= 15 is 0 Å². The highest BCUT2D eigenvalue weighted by Gasteiger charge is 2.53. The third-order valence-corrected chi connectivity index (χ3v) is 5.82. The molecule has 0 aromatic heterocycles. The van der Waals surface area contributed by atoms with Crippen LogP contribution < -0.4 is 0 Å². The molecule has 3 aliphatic rings. The van der Waals surface area contributed by atoms with Crippen LogP contribution in [0.2, 0.25) is 0 Å². The largest absolute Gasteiger partial charge is 0.379 e. The molecule has 3 saturated heterocycles. The highest BCUT2D eigenvalue weighted by atomic mass is 16.3. The first-order valence-corrected chi connectivity index (χ1v) is 8.31. The van der Waals surface area contributed by atoms with E-state index in [2.05, 4.69) is 55.6 Å². The van der Waals surface area contributed by atoms with E-state index in [4.69, 9.17) is 0 Å². The predicted octanol–water partition coefficient (Wildman–Crippen LogP) is 3.41. The molecule has 2 aromatic carbocycles. The summed E-state index contributed by atoms with van der Waals surface area (Å²) in [6.07, 6.45) is 2.29. The fourth-order valence-corrected chi connectivity index (χ4v) is 4.45. The van der Waals surface area contributed by atoms with E-state index in [1.54, 1.807) is 0 Å². The Hall–Kier alpha value is -1.64. The second-order valence-electron chi connectivity index (χ2n) is 7.37. The van der Waals surface area contributed by atoms with Crippen molar-refractivity contribution >= 4 is 0 Å². The van der Waals surface area contributed by atoms with Crippen molar-refractivity contribution in [2.45, 2.75) is 18.4 Å². The van der Waals surface area contributed by atoms with Crippen LogP contribution in [0.15, 0.2) is 54.6 Å². The maximum Gasteiger partial charge on any atom is 0.141 e. The zero-order valence-corrected chi connectivity index (χ0v) is 13.2. The number of aliphatic hydroxyl groups is 1. The van der Waals surface area contributed by atoms with Crippen molar-refractivity contribution in [2.24, 2.45) is 5.92 Å². The van der Waals surface area contributed by atoms with Gasteiger partial charge in [0.15, 0.2) is 0 Å². The molecule has 1 N–H and O–H groups in total. The van der Waals surface area contributed by atoms with Gasteiger partial charge in [0.2, 0.25) is 0 Å². The monoisotopic (exact) mass is 294 g/mol. The van der Waals surface area contributed by atoms with Crippen molar-refractivity contribution < 1.29 is 9.59 Å². The molecule has 3 heterocycles. The van der Waals surface area contributed by atoms with Crippen LogP contribution in [-0.2, 0) is 5.60 Å².